The molecule has 0 bridgehead atoms. The van der Waals surface area contributed by atoms with Gasteiger partial charge in [0.2, 0.25) is 0 Å². The molecule has 0 aliphatic heterocycles. The lowest BCUT2D eigenvalue weighted by atomic mass is 10.1. The van der Waals surface area contributed by atoms with E-state index in [-0.39, 0.29) is 12.4 Å². The highest BCUT2D eigenvalue weighted by Crippen LogP contribution is 2.15. The maximum Gasteiger partial charge on any atom is 0.124 e. The van der Waals surface area contributed by atoms with Gasteiger partial charge in [-0.1, -0.05) is 31.8 Å². The Bertz CT molecular complexity index is 680. The molecule has 0 amide bonds. The molecule has 4 heteroatoms. The molecule has 1 N–H and O–H groups in total. The van der Waals surface area contributed by atoms with Gasteiger partial charge in [0.25, 0.3) is 0 Å². The topological polar surface area (TPSA) is 38.0 Å². The zero-order chi connectivity index (χ0) is 15.2. The van der Waals surface area contributed by atoms with Gasteiger partial charge in [-0.2, -0.15) is 5.10 Å². The summed E-state index contributed by atoms with van der Waals surface area (Å²) in [4.78, 5) is 0. The smallest absolute Gasteiger partial charge is 0.124 e. The highest BCUT2D eigenvalue weighted by atomic mass is 19.1. The first kappa shape index (κ1) is 15.3. The third-order valence-electron chi connectivity index (χ3n) is 3.33. The van der Waals surface area contributed by atoms with E-state index >= 15 is 0 Å². The van der Waals surface area contributed by atoms with Gasteiger partial charge in [0.15, 0.2) is 0 Å². The van der Waals surface area contributed by atoms with Gasteiger partial charge in [-0.15, -0.1) is 0 Å². The minimum Gasteiger partial charge on any atom is -0.384 e. The van der Waals surface area contributed by atoms with Crippen molar-refractivity contribution in [3.05, 3.63) is 52.6 Å². The lowest BCUT2D eigenvalue weighted by molar-refractivity contribution is 0.350. The van der Waals surface area contributed by atoms with Crippen molar-refractivity contribution in [3.63, 3.8) is 0 Å². The van der Waals surface area contributed by atoms with E-state index in [0.29, 0.717) is 12.1 Å². The minimum atomic E-state index is -0.327. The van der Waals surface area contributed by atoms with Gasteiger partial charge in [-0.3, -0.25) is 4.68 Å². The van der Waals surface area contributed by atoms with Gasteiger partial charge in [0.1, 0.15) is 12.4 Å². The van der Waals surface area contributed by atoms with Crippen molar-refractivity contribution in [2.45, 2.75) is 33.2 Å². The molecular formula is C17H19FN2O. The van der Waals surface area contributed by atoms with Gasteiger partial charge >= 0.3 is 0 Å². The number of aliphatic hydroxyl groups excluding tert-OH is 1. The normalized spacial score (nSPS) is 10.3. The molecule has 0 aliphatic rings. The third-order valence-corrected chi connectivity index (χ3v) is 3.33. The second kappa shape index (κ2) is 7.05. The average Bonchev–Trinajstić information content (AvgIpc) is 2.89. The van der Waals surface area contributed by atoms with Crippen molar-refractivity contribution in [2.75, 3.05) is 6.61 Å². The van der Waals surface area contributed by atoms with Crippen LogP contribution in [0.1, 0.15) is 36.4 Å². The molecule has 21 heavy (non-hydrogen) atoms. The Morgan fingerprint density at radius 3 is 2.71 bits per heavy atom. The maximum atomic E-state index is 13.4. The summed E-state index contributed by atoms with van der Waals surface area (Å²) in [6.45, 7) is 4.48. The van der Waals surface area contributed by atoms with Crippen LogP contribution in [0.4, 0.5) is 4.39 Å². The molecule has 2 aromatic rings. The van der Waals surface area contributed by atoms with Gasteiger partial charge < -0.3 is 5.11 Å². The molecular weight excluding hydrogens is 267 g/mol. The molecule has 0 unspecified atom stereocenters. The zero-order valence-corrected chi connectivity index (χ0v) is 12.4. The fraction of sp³-hybridized carbons (Fsp3) is 0.353. The van der Waals surface area contributed by atoms with E-state index in [1.165, 1.54) is 12.1 Å². The van der Waals surface area contributed by atoms with E-state index in [2.05, 4.69) is 36.9 Å². The Balaban J connectivity index is 2.37. The second-order valence-electron chi connectivity index (χ2n) is 4.75. The maximum absolute atomic E-state index is 13.4. The molecule has 1 heterocycles. The fourth-order valence-corrected chi connectivity index (χ4v) is 2.21. The van der Waals surface area contributed by atoms with Crippen LogP contribution in [0.5, 0.6) is 0 Å². The zero-order valence-electron chi connectivity index (χ0n) is 12.4. The Kier molecular flexibility index (Phi) is 5.13. The number of nitrogens with zero attached hydrogens (tertiary/aromatic N) is 2. The van der Waals surface area contributed by atoms with Crippen LogP contribution >= 0.6 is 0 Å². The van der Waals surface area contributed by atoms with Gasteiger partial charge in [0.05, 0.1) is 12.2 Å². The monoisotopic (exact) mass is 286 g/mol. The first-order chi connectivity index (χ1) is 10.2. The van der Waals surface area contributed by atoms with Crippen molar-refractivity contribution in [1.82, 2.24) is 9.78 Å². The number of aryl methyl sites for hydroxylation is 2. The molecule has 0 spiro atoms. The second-order valence-corrected chi connectivity index (χ2v) is 4.75. The first-order valence-electron chi connectivity index (χ1n) is 7.11. The SMILES string of the molecule is CCc1cc(CC)n(Cc2ccc(F)cc2C#CCO)n1. The molecule has 110 valence electrons. The molecule has 1 aromatic heterocycles. The van der Waals surface area contributed by atoms with Crippen LogP contribution < -0.4 is 0 Å². The van der Waals surface area contributed by atoms with Gasteiger partial charge in [-0.05, 0) is 36.6 Å². The van der Waals surface area contributed by atoms with E-state index in [1.807, 2.05) is 4.68 Å². The Labute approximate surface area is 124 Å². The summed E-state index contributed by atoms with van der Waals surface area (Å²) in [7, 11) is 0. The third kappa shape index (κ3) is 3.71. The standard InChI is InChI=1S/C17H19FN2O/c1-3-16-11-17(4-2)20(19-16)12-14-7-8-15(18)10-13(14)6-5-9-21/h7-8,10-11,21H,3-4,9,12H2,1-2H3. The molecule has 1 aromatic carbocycles. The molecule has 0 radical (unpaired) electrons. The lowest BCUT2D eigenvalue weighted by Crippen LogP contribution is -2.07. The van der Waals surface area contributed by atoms with Crippen molar-refractivity contribution in [3.8, 4) is 11.8 Å². The summed E-state index contributed by atoms with van der Waals surface area (Å²) in [5.74, 6) is 5.05. The summed E-state index contributed by atoms with van der Waals surface area (Å²) in [5.41, 5.74) is 3.70. The van der Waals surface area contributed by atoms with Crippen LogP contribution in [0, 0.1) is 17.7 Å². The van der Waals surface area contributed by atoms with E-state index in [1.54, 1.807) is 6.07 Å². The molecule has 0 aliphatic carbocycles. The Morgan fingerprint density at radius 1 is 1.24 bits per heavy atom. The van der Waals surface area contributed by atoms with Crippen LogP contribution in [-0.4, -0.2) is 21.5 Å². The van der Waals surface area contributed by atoms with Crippen LogP contribution in [0.2, 0.25) is 0 Å². The highest BCUT2D eigenvalue weighted by Gasteiger charge is 2.09. The molecule has 3 nitrogen and oxygen atoms in total. The molecule has 0 saturated carbocycles. The number of hydrogen-bond acceptors (Lipinski definition) is 2. The molecule has 2 rings (SSSR count). The summed E-state index contributed by atoms with van der Waals surface area (Å²) >= 11 is 0. The summed E-state index contributed by atoms with van der Waals surface area (Å²) < 4.78 is 15.3. The number of hydrogen-bond donors (Lipinski definition) is 1. The largest absolute Gasteiger partial charge is 0.384 e. The number of halogens is 1. The van der Waals surface area contributed by atoms with Crippen LogP contribution in [0.25, 0.3) is 0 Å². The number of aliphatic hydroxyl groups is 1. The fourth-order valence-electron chi connectivity index (χ4n) is 2.21. The quantitative estimate of drug-likeness (QED) is 0.877. The number of rotatable bonds is 4. The molecule has 0 fully saturated rings. The predicted molar refractivity (Wildman–Crippen MR) is 80.4 cm³/mol. The summed E-state index contributed by atoms with van der Waals surface area (Å²) in [6, 6.07) is 6.65. The van der Waals surface area contributed by atoms with E-state index in [4.69, 9.17) is 5.11 Å². The number of aromatic nitrogens is 2. The van der Waals surface area contributed by atoms with E-state index < -0.39 is 0 Å². The van der Waals surface area contributed by atoms with Gasteiger partial charge in [-0.25, -0.2) is 4.39 Å². The minimum absolute atomic E-state index is 0.238. The molecule has 0 saturated heterocycles. The Morgan fingerprint density at radius 2 is 2.05 bits per heavy atom. The Hall–Kier alpha value is -2.12. The van der Waals surface area contributed by atoms with Crippen LogP contribution in [-0.2, 0) is 19.4 Å². The molecule has 0 atom stereocenters. The van der Waals surface area contributed by atoms with Crippen molar-refractivity contribution < 1.29 is 9.50 Å². The lowest BCUT2D eigenvalue weighted by Gasteiger charge is -2.08. The summed E-state index contributed by atoms with van der Waals surface area (Å²) in [6.07, 6.45) is 1.78. The van der Waals surface area contributed by atoms with Crippen molar-refractivity contribution in [2.24, 2.45) is 0 Å². The van der Waals surface area contributed by atoms with Crippen molar-refractivity contribution in [1.29, 1.82) is 0 Å². The van der Waals surface area contributed by atoms with Crippen LogP contribution in [0.15, 0.2) is 24.3 Å². The highest BCUT2D eigenvalue weighted by molar-refractivity contribution is 5.42. The first-order valence-corrected chi connectivity index (χ1v) is 7.11. The van der Waals surface area contributed by atoms with E-state index in [0.717, 1.165) is 29.8 Å². The van der Waals surface area contributed by atoms with E-state index in [9.17, 15) is 4.39 Å². The number of benzene rings is 1. The van der Waals surface area contributed by atoms with Gasteiger partial charge in [0, 0.05) is 11.3 Å². The summed E-state index contributed by atoms with van der Waals surface area (Å²) in [5, 5.41) is 13.4. The van der Waals surface area contributed by atoms with Crippen molar-refractivity contribution >= 4 is 0 Å². The van der Waals surface area contributed by atoms with Crippen LogP contribution in [0.3, 0.4) is 0 Å². The predicted octanol–water partition coefficient (Wildman–Crippen LogP) is 2.54. The average molecular weight is 286 g/mol.